The van der Waals surface area contributed by atoms with Crippen LogP contribution in [-0.2, 0) is 22.6 Å². The number of fused-ring (bicyclic) bond motifs is 1. The predicted molar refractivity (Wildman–Crippen MR) is 122 cm³/mol. The number of rotatable bonds is 6. The van der Waals surface area contributed by atoms with Crippen molar-refractivity contribution in [1.29, 1.82) is 0 Å². The highest BCUT2D eigenvalue weighted by Crippen LogP contribution is 2.32. The van der Waals surface area contributed by atoms with E-state index in [2.05, 4.69) is 32.2 Å². The predicted octanol–water partition coefficient (Wildman–Crippen LogP) is 3.74. The zero-order valence-corrected chi connectivity index (χ0v) is 18.4. The lowest BCUT2D eigenvalue weighted by Gasteiger charge is -2.27. The molecule has 1 aromatic heterocycles. The van der Waals surface area contributed by atoms with Gasteiger partial charge in [-0.05, 0) is 31.5 Å². The second-order valence-electron chi connectivity index (χ2n) is 7.48. The first-order valence-corrected chi connectivity index (χ1v) is 11.3. The number of amides is 2. The number of hydrogen-bond donors (Lipinski definition) is 1. The molecule has 2 aromatic carbocycles. The second kappa shape index (κ2) is 9.34. The van der Waals surface area contributed by atoms with E-state index in [4.69, 9.17) is 0 Å². The van der Waals surface area contributed by atoms with Gasteiger partial charge >= 0.3 is 0 Å². The van der Waals surface area contributed by atoms with Crippen molar-refractivity contribution in [2.24, 2.45) is 0 Å². The SMILES string of the molecule is CCn1c(Cc2ccccc2)nnc1SCC(=O)N1c2ccccc2NC(=O)C[C@@H]1C. The van der Waals surface area contributed by atoms with Crippen molar-refractivity contribution in [1.82, 2.24) is 14.8 Å². The quantitative estimate of drug-likeness (QED) is 0.597. The summed E-state index contributed by atoms with van der Waals surface area (Å²) >= 11 is 1.38. The van der Waals surface area contributed by atoms with Gasteiger partial charge in [0.15, 0.2) is 5.16 Å². The Morgan fingerprint density at radius 2 is 1.87 bits per heavy atom. The number of thioether (sulfide) groups is 1. The summed E-state index contributed by atoms with van der Waals surface area (Å²) in [7, 11) is 0. The van der Waals surface area contributed by atoms with E-state index in [1.54, 1.807) is 4.90 Å². The third-order valence-corrected chi connectivity index (χ3v) is 6.22. The minimum atomic E-state index is -0.227. The van der Waals surface area contributed by atoms with Crippen molar-refractivity contribution in [2.75, 3.05) is 16.0 Å². The summed E-state index contributed by atoms with van der Waals surface area (Å²) in [4.78, 5) is 27.1. The molecule has 1 atom stereocenters. The molecule has 0 aliphatic carbocycles. The highest BCUT2D eigenvalue weighted by Gasteiger charge is 2.29. The molecule has 1 aliphatic rings. The normalized spacial score (nSPS) is 15.9. The number of para-hydroxylation sites is 2. The van der Waals surface area contributed by atoms with Crippen LogP contribution < -0.4 is 10.2 Å². The molecule has 0 fully saturated rings. The van der Waals surface area contributed by atoms with Crippen molar-refractivity contribution < 1.29 is 9.59 Å². The van der Waals surface area contributed by atoms with E-state index in [1.807, 2.05) is 56.3 Å². The fourth-order valence-electron chi connectivity index (χ4n) is 3.82. The number of benzene rings is 2. The van der Waals surface area contributed by atoms with Crippen molar-refractivity contribution in [3.63, 3.8) is 0 Å². The van der Waals surface area contributed by atoms with Crippen LogP contribution in [0.5, 0.6) is 0 Å². The number of carbonyl (C=O) groups is 2. The monoisotopic (exact) mass is 435 g/mol. The van der Waals surface area contributed by atoms with Gasteiger partial charge in [-0.1, -0.05) is 54.2 Å². The third-order valence-electron chi connectivity index (χ3n) is 5.27. The Hall–Kier alpha value is -3.13. The molecule has 0 unspecified atom stereocenters. The molecule has 0 saturated heterocycles. The van der Waals surface area contributed by atoms with E-state index in [0.29, 0.717) is 12.1 Å². The molecule has 4 rings (SSSR count). The maximum atomic E-state index is 13.2. The first kappa shape index (κ1) is 21.1. The van der Waals surface area contributed by atoms with Crippen molar-refractivity contribution in [2.45, 2.75) is 44.4 Å². The number of anilines is 2. The van der Waals surface area contributed by atoms with Gasteiger partial charge in [0.1, 0.15) is 5.82 Å². The third kappa shape index (κ3) is 4.64. The van der Waals surface area contributed by atoms with Crippen LogP contribution in [0.3, 0.4) is 0 Å². The molecule has 0 saturated carbocycles. The van der Waals surface area contributed by atoms with E-state index < -0.39 is 0 Å². The van der Waals surface area contributed by atoms with Crippen LogP contribution in [0.4, 0.5) is 11.4 Å². The standard InChI is InChI=1S/C23H25N5O2S/c1-3-27-20(14-17-9-5-4-6-10-17)25-26-23(27)31-15-22(30)28-16(2)13-21(29)24-18-11-7-8-12-19(18)28/h4-12,16H,3,13-15H2,1-2H3,(H,24,29)/t16-/m0/s1. The fraction of sp³-hybridized carbons (Fsp3) is 0.304. The minimum absolute atomic E-state index is 0.0586. The molecular formula is C23H25N5O2S. The molecule has 0 radical (unpaired) electrons. The van der Waals surface area contributed by atoms with Gasteiger partial charge in [-0.2, -0.15) is 0 Å². The van der Waals surface area contributed by atoms with Crippen LogP contribution >= 0.6 is 11.8 Å². The van der Waals surface area contributed by atoms with E-state index in [-0.39, 0.29) is 30.0 Å². The summed E-state index contributed by atoms with van der Waals surface area (Å²) in [6, 6.07) is 17.3. The Morgan fingerprint density at radius 1 is 1.13 bits per heavy atom. The summed E-state index contributed by atoms with van der Waals surface area (Å²) in [5.41, 5.74) is 2.56. The van der Waals surface area contributed by atoms with E-state index in [9.17, 15) is 9.59 Å². The van der Waals surface area contributed by atoms with Crippen LogP contribution in [0.1, 0.15) is 31.7 Å². The summed E-state index contributed by atoms with van der Waals surface area (Å²) in [5, 5.41) is 12.3. The molecule has 160 valence electrons. The van der Waals surface area contributed by atoms with Crippen molar-refractivity contribution >= 4 is 35.0 Å². The molecule has 2 heterocycles. The maximum Gasteiger partial charge on any atom is 0.237 e. The van der Waals surface area contributed by atoms with Crippen molar-refractivity contribution in [3.8, 4) is 0 Å². The van der Waals surface area contributed by atoms with Gasteiger partial charge in [0, 0.05) is 25.4 Å². The first-order chi connectivity index (χ1) is 15.1. The van der Waals surface area contributed by atoms with Crippen LogP contribution in [0.2, 0.25) is 0 Å². The molecule has 0 bridgehead atoms. The molecule has 1 aliphatic heterocycles. The topological polar surface area (TPSA) is 80.1 Å². The molecule has 3 aromatic rings. The number of aromatic nitrogens is 3. The Kier molecular flexibility index (Phi) is 6.36. The number of hydrogen-bond acceptors (Lipinski definition) is 5. The highest BCUT2D eigenvalue weighted by atomic mass is 32.2. The van der Waals surface area contributed by atoms with Gasteiger partial charge in [0.2, 0.25) is 11.8 Å². The van der Waals surface area contributed by atoms with E-state index in [1.165, 1.54) is 17.3 Å². The van der Waals surface area contributed by atoms with Crippen LogP contribution in [-0.4, -0.2) is 38.4 Å². The average molecular weight is 436 g/mol. The Balaban J connectivity index is 1.50. The Bertz CT molecular complexity index is 1080. The molecule has 8 heteroatoms. The van der Waals surface area contributed by atoms with Crippen LogP contribution in [0, 0.1) is 0 Å². The van der Waals surface area contributed by atoms with Gasteiger partial charge in [-0.25, -0.2) is 0 Å². The van der Waals surface area contributed by atoms with Gasteiger partial charge in [0.05, 0.1) is 17.1 Å². The molecule has 7 nitrogen and oxygen atoms in total. The molecule has 2 amide bonds. The fourth-order valence-corrected chi connectivity index (χ4v) is 4.70. The average Bonchev–Trinajstić information content (AvgIpc) is 3.09. The molecular weight excluding hydrogens is 410 g/mol. The van der Waals surface area contributed by atoms with Gasteiger partial charge in [0.25, 0.3) is 0 Å². The molecule has 0 spiro atoms. The van der Waals surface area contributed by atoms with Crippen LogP contribution in [0.25, 0.3) is 0 Å². The minimum Gasteiger partial charge on any atom is -0.324 e. The Morgan fingerprint density at radius 3 is 2.65 bits per heavy atom. The Labute approximate surface area is 185 Å². The summed E-state index contributed by atoms with van der Waals surface area (Å²) in [6.07, 6.45) is 0.956. The zero-order chi connectivity index (χ0) is 21.8. The smallest absolute Gasteiger partial charge is 0.237 e. The summed E-state index contributed by atoms with van der Waals surface area (Å²) in [6.45, 7) is 4.68. The highest BCUT2D eigenvalue weighted by molar-refractivity contribution is 7.99. The lowest BCUT2D eigenvalue weighted by atomic mass is 10.1. The first-order valence-electron chi connectivity index (χ1n) is 10.4. The van der Waals surface area contributed by atoms with Crippen molar-refractivity contribution in [3.05, 3.63) is 66.0 Å². The van der Waals surface area contributed by atoms with Gasteiger partial charge in [-0.15, -0.1) is 10.2 Å². The molecule has 1 N–H and O–H groups in total. The summed E-state index contributed by atoms with van der Waals surface area (Å²) in [5.74, 6) is 0.957. The number of nitrogens with one attached hydrogen (secondary N) is 1. The van der Waals surface area contributed by atoms with Crippen LogP contribution in [0.15, 0.2) is 59.8 Å². The van der Waals surface area contributed by atoms with Gasteiger partial charge in [-0.3, -0.25) is 9.59 Å². The lowest BCUT2D eigenvalue weighted by Crippen LogP contribution is -2.40. The van der Waals surface area contributed by atoms with Gasteiger partial charge < -0.3 is 14.8 Å². The second-order valence-corrected chi connectivity index (χ2v) is 8.42. The lowest BCUT2D eigenvalue weighted by molar-refractivity contribution is -0.117. The number of nitrogens with zero attached hydrogens (tertiary/aromatic N) is 4. The van der Waals surface area contributed by atoms with E-state index >= 15 is 0 Å². The van der Waals surface area contributed by atoms with E-state index in [0.717, 1.165) is 23.2 Å². The zero-order valence-electron chi connectivity index (χ0n) is 17.6. The maximum absolute atomic E-state index is 13.2. The molecule has 31 heavy (non-hydrogen) atoms. The summed E-state index contributed by atoms with van der Waals surface area (Å²) < 4.78 is 2.05. The number of carbonyl (C=O) groups excluding carboxylic acids is 2. The largest absolute Gasteiger partial charge is 0.324 e.